The third-order valence-corrected chi connectivity index (χ3v) is 2.76. The van der Waals surface area contributed by atoms with Gasteiger partial charge >= 0.3 is 0 Å². The number of aromatic amines is 1. The van der Waals surface area contributed by atoms with E-state index in [1.54, 1.807) is 31.2 Å². The fourth-order valence-electron chi connectivity index (χ4n) is 1.79. The zero-order chi connectivity index (χ0) is 15.4. The van der Waals surface area contributed by atoms with Crippen LogP contribution in [0.15, 0.2) is 41.3 Å². The average Bonchev–Trinajstić information content (AvgIpc) is 2.40. The smallest absolute Gasteiger partial charge is 0.261 e. The van der Waals surface area contributed by atoms with Crippen molar-refractivity contribution in [2.75, 3.05) is 10.6 Å². The SMILES string of the molecule is CC(=O)Nc1ccc(NC(=O)c2c[nH]c(C)cc2=O)cc1. The molecule has 1 heterocycles. The average molecular weight is 285 g/mol. The number of rotatable bonds is 3. The maximum absolute atomic E-state index is 12.0. The van der Waals surface area contributed by atoms with Gasteiger partial charge in [0, 0.05) is 36.3 Å². The molecular formula is C15H15N3O3. The summed E-state index contributed by atoms with van der Waals surface area (Å²) in [5.74, 6) is -0.651. The second-order valence-electron chi connectivity index (χ2n) is 4.61. The van der Waals surface area contributed by atoms with Crippen molar-refractivity contribution in [2.24, 2.45) is 0 Å². The van der Waals surface area contributed by atoms with Crippen LogP contribution in [0.4, 0.5) is 11.4 Å². The van der Waals surface area contributed by atoms with Crippen molar-refractivity contribution in [3.8, 4) is 0 Å². The number of benzene rings is 1. The first-order valence-electron chi connectivity index (χ1n) is 6.34. The van der Waals surface area contributed by atoms with Gasteiger partial charge in [0.05, 0.1) is 0 Å². The fraction of sp³-hybridized carbons (Fsp3) is 0.133. The van der Waals surface area contributed by atoms with Gasteiger partial charge in [-0.1, -0.05) is 0 Å². The summed E-state index contributed by atoms with van der Waals surface area (Å²) in [4.78, 5) is 37.5. The van der Waals surface area contributed by atoms with E-state index in [-0.39, 0.29) is 16.9 Å². The monoisotopic (exact) mass is 285 g/mol. The summed E-state index contributed by atoms with van der Waals surface area (Å²) in [6.07, 6.45) is 1.39. The van der Waals surface area contributed by atoms with Crippen molar-refractivity contribution in [1.82, 2.24) is 4.98 Å². The van der Waals surface area contributed by atoms with Crippen molar-refractivity contribution in [1.29, 1.82) is 0 Å². The van der Waals surface area contributed by atoms with Crippen LogP contribution in [0.5, 0.6) is 0 Å². The Morgan fingerprint density at radius 3 is 2.14 bits per heavy atom. The van der Waals surface area contributed by atoms with Crippen LogP contribution < -0.4 is 16.1 Å². The van der Waals surface area contributed by atoms with Crippen LogP contribution in [-0.4, -0.2) is 16.8 Å². The first-order chi connectivity index (χ1) is 9.95. The summed E-state index contributed by atoms with van der Waals surface area (Å²) in [5.41, 5.74) is 1.57. The number of carbonyl (C=O) groups excluding carboxylic acids is 2. The van der Waals surface area contributed by atoms with Gasteiger partial charge in [0.1, 0.15) is 5.56 Å². The largest absolute Gasteiger partial charge is 0.364 e. The molecule has 0 aliphatic carbocycles. The molecule has 6 nitrogen and oxygen atoms in total. The Kier molecular flexibility index (Phi) is 4.18. The van der Waals surface area contributed by atoms with Gasteiger partial charge in [-0.05, 0) is 31.2 Å². The molecule has 3 N–H and O–H groups in total. The van der Waals surface area contributed by atoms with Crippen LogP contribution in [0, 0.1) is 6.92 Å². The Hall–Kier alpha value is -2.89. The van der Waals surface area contributed by atoms with Gasteiger partial charge in [-0.15, -0.1) is 0 Å². The minimum Gasteiger partial charge on any atom is -0.364 e. The normalized spacial score (nSPS) is 10.0. The van der Waals surface area contributed by atoms with Crippen LogP contribution in [-0.2, 0) is 4.79 Å². The van der Waals surface area contributed by atoms with Gasteiger partial charge in [-0.3, -0.25) is 14.4 Å². The van der Waals surface area contributed by atoms with E-state index in [9.17, 15) is 14.4 Å². The summed E-state index contributed by atoms with van der Waals surface area (Å²) < 4.78 is 0. The van der Waals surface area contributed by atoms with E-state index in [1.807, 2.05) is 0 Å². The molecule has 21 heavy (non-hydrogen) atoms. The summed E-state index contributed by atoms with van der Waals surface area (Å²) in [7, 11) is 0. The molecule has 0 aliphatic heterocycles. The van der Waals surface area contributed by atoms with Crippen LogP contribution in [0.3, 0.4) is 0 Å². The third kappa shape index (κ3) is 3.79. The predicted octanol–water partition coefficient (Wildman–Crippen LogP) is 1.89. The minimum atomic E-state index is -0.483. The molecule has 108 valence electrons. The first kappa shape index (κ1) is 14.5. The summed E-state index contributed by atoms with van der Waals surface area (Å²) in [6, 6.07) is 7.98. The van der Waals surface area contributed by atoms with Crippen molar-refractivity contribution in [2.45, 2.75) is 13.8 Å². The molecular weight excluding hydrogens is 270 g/mol. The first-order valence-corrected chi connectivity index (χ1v) is 6.34. The van der Waals surface area contributed by atoms with Gasteiger partial charge in [0.25, 0.3) is 5.91 Å². The predicted molar refractivity (Wildman–Crippen MR) is 80.5 cm³/mol. The number of aromatic nitrogens is 1. The molecule has 0 spiro atoms. The molecule has 2 rings (SSSR count). The van der Waals surface area contributed by atoms with Crippen molar-refractivity contribution in [3.05, 3.63) is 58.0 Å². The summed E-state index contributed by atoms with van der Waals surface area (Å²) in [6.45, 7) is 3.16. The van der Waals surface area contributed by atoms with E-state index in [0.717, 1.165) is 0 Å². The van der Waals surface area contributed by atoms with Gasteiger partial charge in [-0.25, -0.2) is 0 Å². The van der Waals surface area contributed by atoms with Crippen LogP contribution in [0.2, 0.25) is 0 Å². The quantitative estimate of drug-likeness (QED) is 0.804. The second-order valence-corrected chi connectivity index (χ2v) is 4.61. The molecule has 0 aliphatic rings. The Morgan fingerprint density at radius 1 is 1.05 bits per heavy atom. The molecule has 1 aromatic carbocycles. The molecule has 0 atom stereocenters. The van der Waals surface area contributed by atoms with Crippen LogP contribution >= 0.6 is 0 Å². The fourth-order valence-corrected chi connectivity index (χ4v) is 1.79. The van der Waals surface area contributed by atoms with Gasteiger partial charge in [0.15, 0.2) is 5.43 Å². The van der Waals surface area contributed by atoms with E-state index in [0.29, 0.717) is 17.1 Å². The number of H-pyrrole nitrogens is 1. The number of aryl methyl sites for hydroxylation is 1. The van der Waals surface area contributed by atoms with E-state index >= 15 is 0 Å². The highest BCUT2D eigenvalue weighted by molar-refractivity contribution is 6.04. The topological polar surface area (TPSA) is 91.1 Å². The molecule has 0 bridgehead atoms. The molecule has 0 radical (unpaired) electrons. The Bertz CT molecular complexity index is 733. The van der Waals surface area contributed by atoms with Gasteiger partial charge in [-0.2, -0.15) is 0 Å². The lowest BCUT2D eigenvalue weighted by Crippen LogP contribution is -2.21. The number of pyridine rings is 1. The number of anilines is 2. The van der Waals surface area contributed by atoms with Crippen molar-refractivity contribution < 1.29 is 9.59 Å². The van der Waals surface area contributed by atoms with Gasteiger partial charge in [0.2, 0.25) is 5.91 Å². The van der Waals surface area contributed by atoms with E-state index < -0.39 is 5.91 Å². The molecule has 0 saturated heterocycles. The Balaban J connectivity index is 2.12. The molecule has 1 aromatic heterocycles. The lowest BCUT2D eigenvalue weighted by molar-refractivity contribution is -0.114. The molecule has 2 amide bonds. The number of hydrogen-bond donors (Lipinski definition) is 3. The van der Waals surface area contributed by atoms with Crippen molar-refractivity contribution in [3.63, 3.8) is 0 Å². The number of carbonyl (C=O) groups is 2. The lowest BCUT2D eigenvalue weighted by Gasteiger charge is -2.07. The molecule has 0 unspecified atom stereocenters. The highest BCUT2D eigenvalue weighted by atomic mass is 16.2. The van der Waals surface area contributed by atoms with Crippen molar-refractivity contribution >= 4 is 23.2 Å². The van der Waals surface area contributed by atoms with Crippen LogP contribution in [0.25, 0.3) is 0 Å². The molecule has 6 heteroatoms. The third-order valence-electron chi connectivity index (χ3n) is 2.76. The Labute approximate surface area is 121 Å². The summed E-state index contributed by atoms with van der Waals surface area (Å²) in [5, 5.41) is 5.25. The molecule has 0 saturated carbocycles. The maximum atomic E-state index is 12.0. The highest BCUT2D eigenvalue weighted by Crippen LogP contribution is 2.14. The highest BCUT2D eigenvalue weighted by Gasteiger charge is 2.10. The van der Waals surface area contributed by atoms with E-state index in [1.165, 1.54) is 19.2 Å². The van der Waals surface area contributed by atoms with E-state index in [4.69, 9.17) is 0 Å². The van der Waals surface area contributed by atoms with Gasteiger partial charge < -0.3 is 15.6 Å². The standard InChI is InChI=1S/C15H15N3O3/c1-9-7-14(20)13(8-16-9)15(21)18-12-5-3-11(4-6-12)17-10(2)19/h3-8H,1-2H3,(H,16,20)(H,17,19)(H,18,21). The summed E-state index contributed by atoms with van der Waals surface area (Å²) >= 11 is 0. The maximum Gasteiger partial charge on any atom is 0.261 e. The number of amides is 2. The number of nitrogens with one attached hydrogen (secondary N) is 3. The van der Waals surface area contributed by atoms with Crippen LogP contribution in [0.1, 0.15) is 23.0 Å². The van der Waals surface area contributed by atoms with E-state index in [2.05, 4.69) is 15.6 Å². The lowest BCUT2D eigenvalue weighted by atomic mass is 10.2. The minimum absolute atomic E-state index is 0.0477. The second kappa shape index (κ2) is 6.04. The Morgan fingerprint density at radius 2 is 1.62 bits per heavy atom. The zero-order valence-electron chi connectivity index (χ0n) is 11.7. The number of hydrogen-bond acceptors (Lipinski definition) is 3. The zero-order valence-corrected chi connectivity index (χ0v) is 11.7. The molecule has 2 aromatic rings. The molecule has 0 fully saturated rings.